The molecule has 6 fully saturated rings. The minimum atomic E-state index is -1.50. The van der Waals surface area contributed by atoms with Crippen LogP contribution in [0.25, 0.3) is 64.6 Å². The summed E-state index contributed by atoms with van der Waals surface area (Å²) in [6.45, 7) is 5.59. The number of hydrogen-bond acceptors (Lipinski definition) is 8. The number of carbonyl (C=O) groups is 1. The van der Waals surface area contributed by atoms with E-state index in [0.717, 1.165) is 55.4 Å². The third kappa shape index (κ3) is 22.2. The molecule has 0 bridgehead atoms. The standard InChI is InChI=1S/C18H21NO2.C13H11NO2.2C13H13N.C13H12.C10H7Br.C3H5.BrH.2ClH.Mg.HNO3/c1-18(2,3)21-17(20)19-16-11-10-13(12-8-9-12)14-6-4-5-7-15(14)16;15-14(16)13-8-7-10(9-5-6-9)11-3-1-2-4-12(11)13;2*14-13-8-7-10(9-5-6-9)11-3-1-2-4-12(11)13;1-2-6-12-10(4-1)5-3-7-13(12)11-8-9-11;11-10-7-3-5-8-4-1-2-6-9(8)10;1-2-3-1;;;;;2-1(3)4/h4-7,10-12H,8-9H2,1-3H3,(H,19,20);1-4,7-9H,5-6H2;2*1-4,7-9H,5-6,14H2;1-7,11H,8-9H2;1-7H;1H,2-3H2;3*1H;;(H,2,3,4)/q;;;;;;-1;;;;+2;/p-1. The first-order valence-electron chi connectivity index (χ1n) is 33.5. The third-order valence-electron chi connectivity index (χ3n) is 17.6. The first-order chi connectivity index (χ1) is 46.5. The Morgan fingerprint density at radius 2 is 0.750 bits per heavy atom. The van der Waals surface area contributed by atoms with Crippen molar-refractivity contribution >= 4 is 157 Å². The van der Waals surface area contributed by atoms with Crippen LogP contribution < -0.4 is 33.8 Å². The number of carbonyl (C=O) groups excluding carboxylic acids is 1. The Bertz CT molecular complexity index is 4640. The number of fused-ring (bicyclic) bond motifs is 6. The van der Waals surface area contributed by atoms with Gasteiger partial charge < -0.3 is 44.8 Å². The van der Waals surface area contributed by atoms with Crippen LogP contribution in [0.1, 0.15) is 155 Å². The number of non-ortho nitro benzene ring substituents is 1. The molecule has 12 aromatic rings. The fraction of sp³-hybridized carbons (Fsp3) is 0.253. The van der Waals surface area contributed by atoms with E-state index >= 15 is 0 Å². The smallest absolute Gasteiger partial charge is 1.00 e. The largest absolute Gasteiger partial charge is 2.00 e. The predicted molar refractivity (Wildman–Crippen MR) is 419 cm³/mol. The molecular weight excluding hydrogens is 1430 g/mol. The van der Waals surface area contributed by atoms with E-state index in [4.69, 9.17) is 31.5 Å². The average molecular weight is 1520 g/mol. The average Bonchev–Trinajstić information content (AvgIpc) is 1.70. The van der Waals surface area contributed by atoms with E-state index in [0.29, 0.717) is 11.8 Å². The number of benzene rings is 12. The molecule has 0 aliphatic heterocycles. The Morgan fingerprint density at radius 1 is 0.450 bits per heavy atom. The van der Waals surface area contributed by atoms with Gasteiger partial charge in [0.2, 0.25) is 0 Å². The SMILES string of the molecule is Brc1cccc2ccccc12.CC(C)(C)OC(=O)Nc1ccc(C2CC2)c2ccccc12.Cl.Cl.Nc1ccc(C2CC2)c2ccccc12.Nc1ccc(C2CC2)c2ccccc12.O=[N+]([O-])O.O=[N+]([O-])c1ccc(C2CC2)c2ccccc12.[Br-].[CH-]1CC1.[Mg+2].c1ccc2c(C3CC3)cccc2c1. The molecule has 0 saturated heterocycles. The number of nitrogens with zero attached hydrogens (tertiary/aromatic N) is 2. The molecule has 0 atom stereocenters. The number of nitro benzene ring substituents is 1. The minimum absolute atomic E-state index is 0. The van der Waals surface area contributed by atoms with E-state index in [1.807, 2.05) is 99.6 Å². The zero-order valence-corrected chi connectivity index (χ0v) is 62.8. The van der Waals surface area contributed by atoms with E-state index in [9.17, 15) is 14.9 Å². The molecule has 100 heavy (non-hydrogen) atoms. The third-order valence-corrected chi connectivity index (χ3v) is 18.3. The molecule has 6 aliphatic carbocycles. The molecule has 0 spiro atoms. The van der Waals surface area contributed by atoms with Crippen molar-refractivity contribution in [2.24, 2.45) is 0 Å². The topological polar surface area (TPSA) is 197 Å². The number of halogens is 4. The van der Waals surface area contributed by atoms with Crippen LogP contribution in [0.5, 0.6) is 0 Å². The summed E-state index contributed by atoms with van der Waals surface area (Å²) in [6.07, 6.45) is 17.7. The van der Waals surface area contributed by atoms with E-state index in [2.05, 4.69) is 173 Å². The Labute approximate surface area is 633 Å². The second-order valence-corrected chi connectivity index (χ2v) is 27.3. The molecule has 1 amide bonds. The van der Waals surface area contributed by atoms with Gasteiger partial charge in [0, 0.05) is 38.1 Å². The van der Waals surface area contributed by atoms with Gasteiger partial charge in [0.05, 0.1) is 16.0 Å². The van der Waals surface area contributed by atoms with Gasteiger partial charge in [-0.25, -0.2) is 17.6 Å². The van der Waals surface area contributed by atoms with Gasteiger partial charge in [-0.2, -0.15) is 0 Å². The molecule has 0 heterocycles. The van der Waals surface area contributed by atoms with Crippen molar-refractivity contribution in [1.29, 1.82) is 0 Å². The maximum absolute atomic E-state index is 12.0. The molecular formula is C83H85Br2Cl2MgN5O7. The van der Waals surface area contributed by atoms with Crippen LogP contribution in [0.15, 0.2) is 235 Å². The summed E-state index contributed by atoms with van der Waals surface area (Å²) >= 11 is 3.50. The number of nitrogens with one attached hydrogen (secondary N) is 1. The molecule has 0 radical (unpaired) electrons. The molecule has 17 heteroatoms. The summed E-state index contributed by atoms with van der Waals surface area (Å²) in [4.78, 5) is 30.9. The van der Waals surface area contributed by atoms with Crippen LogP contribution in [0.2, 0.25) is 0 Å². The number of amides is 1. The predicted octanol–water partition coefficient (Wildman–Crippen LogP) is 20.7. The Kier molecular flexibility index (Phi) is 29.4. The number of nitro groups is 1. The van der Waals surface area contributed by atoms with Crippen molar-refractivity contribution in [2.75, 3.05) is 16.8 Å². The van der Waals surface area contributed by atoms with Crippen LogP contribution in [0, 0.1) is 26.6 Å². The quantitative estimate of drug-likeness (QED) is 0.0394. The number of ether oxygens (including phenoxy) is 1. The van der Waals surface area contributed by atoms with Crippen molar-refractivity contribution in [2.45, 2.75) is 133 Å². The van der Waals surface area contributed by atoms with Gasteiger partial charge >= 0.3 is 29.1 Å². The zero-order valence-electron chi connectivity index (χ0n) is 56.6. The van der Waals surface area contributed by atoms with Gasteiger partial charge in [-0.3, -0.25) is 15.4 Å². The number of anilines is 3. The van der Waals surface area contributed by atoms with Gasteiger partial charge in [-0.05, 0) is 216 Å². The van der Waals surface area contributed by atoms with E-state index in [1.165, 1.54) is 148 Å². The molecule has 0 aromatic heterocycles. The summed E-state index contributed by atoms with van der Waals surface area (Å²) in [7, 11) is 0. The first-order valence-corrected chi connectivity index (χ1v) is 34.3. The Morgan fingerprint density at radius 3 is 1.14 bits per heavy atom. The van der Waals surface area contributed by atoms with Gasteiger partial charge in [0.1, 0.15) is 5.60 Å². The summed E-state index contributed by atoms with van der Waals surface area (Å²) in [6, 6.07) is 78.7. The second kappa shape index (κ2) is 37.1. The Balaban J connectivity index is 0.000000165. The van der Waals surface area contributed by atoms with Crippen molar-refractivity contribution in [3.63, 3.8) is 0 Å². The monoisotopic (exact) mass is 1520 g/mol. The molecule has 6 N–H and O–H groups in total. The number of nitrogen functional groups attached to an aromatic ring is 2. The summed E-state index contributed by atoms with van der Waals surface area (Å²) in [5.74, 6) is 3.74. The minimum Gasteiger partial charge on any atom is -1.00 e. The zero-order chi connectivity index (χ0) is 67.3. The molecule has 12 aromatic carbocycles. The first kappa shape index (κ1) is 79.3. The van der Waals surface area contributed by atoms with Crippen LogP contribution in [-0.2, 0) is 4.74 Å². The summed E-state index contributed by atoms with van der Waals surface area (Å²) in [5, 5.41) is 42.0. The van der Waals surface area contributed by atoms with Crippen molar-refractivity contribution in [3.05, 3.63) is 289 Å². The van der Waals surface area contributed by atoms with Crippen LogP contribution in [0.3, 0.4) is 0 Å². The molecule has 18 rings (SSSR count). The van der Waals surface area contributed by atoms with Crippen LogP contribution in [-0.4, -0.2) is 50.0 Å². The number of rotatable bonds is 7. The van der Waals surface area contributed by atoms with Crippen molar-refractivity contribution < 1.29 is 41.7 Å². The Hall–Kier alpha value is -8.02. The summed E-state index contributed by atoms with van der Waals surface area (Å²) < 4.78 is 6.49. The summed E-state index contributed by atoms with van der Waals surface area (Å²) in [5.41, 5.74) is 21.4. The van der Waals surface area contributed by atoms with E-state index in [-0.39, 0.29) is 75.5 Å². The van der Waals surface area contributed by atoms with Crippen LogP contribution in [0.4, 0.5) is 27.5 Å². The van der Waals surface area contributed by atoms with Gasteiger partial charge in [0.15, 0.2) is 0 Å². The van der Waals surface area contributed by atoms with Gasteiger partial charge in [0.25, 0.3) is 10.8 Å². The number of hydrogen-bond donors (Lipinski definition) is 4. The second-order valence-electron chi connectivity index (χ2n) is 26.4. The van der Waals surface area contributed by atoms with Gasteiger partial charge in [-0.1, -0.05) is 210 Å². The van der Waals surface area contributed by atoms with Crippen molar-refractivity contribution in [1.82, 2.24) is 0 Å². The van der Waals surface area contributed by atoms with Crippen molar-refractivity contribution in [3.8, 4) is 0 Å². The normalized spacial score (nSPS) is 14.3. The molecule has 0 unspecified atom stereocenters. The molecule has 6 saturated carbocycles. The molecule has 12 nitrogen and oxygen atoms in total. The van der Waals surface area contributed by atoms with E-state index < -0.39 is 16.8 Å². The maximum Gasteiger partial charge on any atom is 2.00 e. The van der Waals surface area contributed by atoms with Crippen LogP contribution >= 0.6 is 40.7 Å². The van der Waals surface area contributed by atoms with Gasteiger partial charge in [-0.15, -0.1) is 34.9 Å². The maximum atomic E-state index is 12.0. The fourth-order valence-corrected chi connectivity index (χ4v) is 12.7. The van der Waals surface area contributed by atoms with E-state index in [1.54, 1.807) is 11.6 Å². The molecule has 6 aliphatic rings. The fourth-order valence-electron chi connectivity index (χ4n) is 12.2. The number of nitrogens with two attached hydrogens (primary N) is 2. The molecule has 514 valence electrons.